The summed E-state index contributed by atoms with van der Waals surface area (Å²) in [5.41, 5.74) is 0.517. The van der Waals surface area contributed by atoms with Gasteiger partial charge in [0.1, 0.15) is 4.90 Å². The number of Topliss-reactive ketones (excluding diaryl/α,β-unsaturated/α-hetero) is 1. The Morgan fingerprint density at radius 2 is 1.94 bits per heavy atom. The summed E-state index contributed by atoms with van der Waals surface area (Å²) in [5, 5.41) is 5.16. The molecule has 0 radical (unpaired) electrons. The predicted octanol–water partition coefficient (Wildman–Crippen LogP) is 0.503. The van der Waals surface area contributed by atoms with E-state index in [-0.39, 0.29) is 17.2 Å². The fraction of sp³-hybridized carbons (Fsp3) is 0.364. The Kier molecular flexibility index (Phi) is 3.17. The first-order chi connectivity index (χ1) is 7.98. The van der Waals surface area contributed by atoms with Crippen LogP contribution >= 0.6 is 0 Å². The molecule has 0 saturated carbocycles. The van der Waals surface area contributed by atoms with Crippen molar-refractivity contribution in [1.29, 1.82) is 0 Å². The van der Waals surface area contributed by atoms with Crippen molar-refractivity contribution in [3.05, 3.63) is 24.3 Å². The quantitative estimate of drug-likeness (QED) is 0.833. The van der Waals surface area contributed by atoms with E-state index in [0.717, 1.165) is 6.42 Å². The predicted molar refractivity (Wildman–Crippen MR) is 64.3 cm³/mol. The minimum absolute atomic E-state index is 0.0784. The molecule has 0 aromatic heterocycles. The van der Waals surface area contributed by atoms with Crippen LogP contribution in [0.15, 0.2) is 29.2 Å². The second-order valence-electron chi connectivity index (χ2n) is 4.08. The van der Waals surface area contributed by atoms with Crippen molar-refractivity contribution in [1.82, 2.24) is 0 Å². The summed E-state index contributed by atoms with van der Waals surface area (Å²) in [6.45, 7) is 0.935. The van der Waals surface area contributed by atoms with E-state index in [0.29, 0.717) is 18.7 Å². The number of nitrogens with zero attached hydrogens (tertiary/aromatic N) is 1. The summed E-state index contributed by atoms with van der Waals surface area (Å²) in [5.74, 6) is 0.125. The molecule has 2 N–H and O–H groups in total. The number of sulfonamides is 1. The average molecular weight is 254 g/mol. The highest BCUT2D eigenvalue weighted by atomic mass is 32.2. The van der Waals surface area contributed by atoms with Crippen LogP contribution in [0, 0.1) is 0 Å². The minimum atomic E-state index is -3.75. The van der Waals surface area contributed by atoms with Crippen LogP contribution in [-0.2, 0) is 14.8 Å². The molecule has 0 spiro atoms. The second kappa shape index (κ2) is 4.46. The molecule has 2 rings (SSSR count). The normalized spacial score (nSPS) is 17.2. The molecular weight excluding hydrogens is 240 g/mol. The van der Waals surface area contributed by atoms with E-state index in [1.165, 1.54) is 6.07 Å². The molecule has 1 aliphatic heterocycles. The van der Waals surface area contributed by atoms with Crippen LogP contribution in [0.3, 0.4) is 0 Å². The average Bonchev–Trinajstić information content (AvgIpc) is 2.28. The summed E-state index contributed by atoms with van der Waals surface area (Å²) in [7, 11) is -3.75. The van der Waals surface area contributed by atoms with Gasteiger partial charge in [0, 0.05) is 13.0 Å². The first-order valence-electron chi connectivity index (χ1n) is 5.37. The number of ketones is 1. The van der Waals surface area contributed by atoms with E-state index in [4.69, 9.17) is 5.14 Å². The van der Waals surface area contributed by atoms with Gasteiger partial charge in [-0.2, -0.15) is 0 Å². The fourth-order valence-corrected chi connectivity index (χ4v) is 2.76. The lowest BCUT2D eigenvalue weighted by Gasteiger charge is -2.29. The number of anilines is 1. The third-order valence-corrected chi connectivity index (χ3v) is 3.72. The fourth-order valence-electron chi connectivity index (χ4n) is 2.00. The number of piperidine rings is 1. The molecule has 1 aromatic rings. The van der Waals surface area contributed by atoms with Gasteiger partial charge < -0.3 is 4.90 Å². The lowest BCUT2D eigenvalue weighted by Crippen LogP contribution is -2.36. The molecule has 0 aliphatic carbocycles. The number of rotatable bonds is 2. The topological polar surface area (TPSA) is 80.5 Å². The van der Waals surface area contributed by atoms with Crippen LogP contribution in [0.1, 0.15) is 12.8 Å². The number of carbonyl (C=O) groups excluding carboxylic acids is 1. The standard InChI is InChI=1S/C11H14N2O3S/c12-17(15,16)11-6-2-1-5-10(11)13-7-3-4-9(14)8-13/h1-2,5-6H,3-4,7-8H2,(H2,12,15,16). The third kappa shape index (κ3) is 2.65. The SMILES string of the molecule is NS(=O)(=O)c1ccccc1N1CCCC(=O)C1. The molecule has 1 aromatic carbocycles. The molecule has 1 heterocycles. The Morgan fingerprint density at radius 3 is 2.59 bits per heavy atom. The van der Waals surface area contributed by atoms with Gasteiger partial charge in [-0.3, -0.25) is 4.79 Å². The lowest BCUT2D eigenvalue weighted by atomic mass is 10.1. The van der Waals surface area contributed by atoms with Gasteiger partial charge in [0.05, 0.1) is 12.2 Å². The Hall–Kier alpha value is -1.40. The third-order valence-electron chi connectivity index (χ3n) is 2.76. The molecule has 92 valence electrons. The molecule has 0 amide bonds. The molecule has 17 heavy (non-hydrogen) atoms. The molecule has 1 fully saturated rings. The first kappa shape index (κ1) is 12.1. The molecule has 0 bridgehead atoms. The van der Waals surface area contributed by atoms with Crippen LogP contribution in [0.25, 0.3) is 0 Å². The van der Waals surface area contributed by atoms with Crippen molar-refractivity contribution >= 4 is 21.5 Å². The number of nitrogens with two attached hydrogens (primary N) is 1. The Balaban J connectivity index is 2.41. The summed E-state index contributed by atoms with van der Waals surface area (Å²) < 4.78 is 22.9. The monoisotopic (exact) mass is 254 g/mol. The second-order valence-corrected chi connectivity index (χ2v) is 5.61. The number of hydrogen-bond acceptors (Lipinski definition) is 4. The number of primary sulfonamides is 1. The molecule has 6 heteroatoms. The van der Waals surface area contributed by atoms with Crippen molar-refractivity contribution in [2.24, 2.45) is 5.14 Å². The molecule has 5 nitrogen and oxygen atoms in total. The van der Waals surface area contributed by atoms with Gasteiger partial charge in [-0.1, -0.05) is 12.1 Å². The maximum Gasteiger partial charge on any atom is 0.240 e. The maximum absolute atomic E-state index is 11.4. The summed E-state index contributed by atoms with van der Waals surface area (Å²) in [6.07, 6.45) is 1.31. The van der Waals surface area contributed by atoms with Crippen molar-refractivity contribution < 1.29 is 13.2 Å². The Morgan fingerprint density at radius 1 is 1.24 bits per heavy atom. The first-order valence-corrected chi connectivity index (χ1v) is 6.91. The number of carbonyl (C=O) groups is 1. The zero-order chi connectivity index (χ0) is 12.5. The van der Waals surface area contributed by atoms with Crippen molar-refractivity contribution in [2.75, 3.05) is 18.0 Å². The van der Waals surface area contributed by atoms with E-state index in [2.05, 4.69) is 0 Å². The van der Waals surface area contributed by atoms with Crippen LogP contribution in [0.5, 0.6) is 0 Å². The summed E-state index contributed by atoms with van der Waals surface area (Å²) in [6, 6.07) is 6.50. The van der Waals surface area contributed by atoms with Gasteiger partial charge in [0.2, 0.25) is 10.0 Å². The van der Waals surface area contributed by atoms with E-state index in [9.17, 15) is 13.2 Å². The van der Waals surface area contributed by atoms with Crippen LogP contribution in [-0.4, -0.2) is 27.3 Å². The van der Waals surface area contributed by atoms with Gasteiger partial charge >= 0.3 is 0 Å². The Labute approximate surface area is 100 Å². The van der Waals surface area contributed by atoms with Crippen LogP contribution in [0.2, 0.25) is 0 Å². The van der Waals surface area contributed by atoms with Gasteiger partial charge in [-0.15, -0.1) is 0 Å². The van der Waals surface area contributed by atoms with E-state index in [1.54, 1.807) is 23.1 Å². The largest absolute Gasteiger partial charge is 0.363 e. The van der Waals surface area contributed by atoms with Gasteiger partial charge in [-0.25, -0.2) is 13.6 Å². The number of hydrogen-bond donors (Lipinski definition) is 1. The highest BCUT2D eigenvalue weighted by Crippen LogP contribution is 2.25. The highest BCUT2D eigenvalue weighted by molar-refractivity contribution is 7.89. The highest BCUT2D eigenvalue weighted by Gasteiger charge is 2.22. The zero-order valence-electron chi connectivity index (χ0n) is 9.30. The van der Waals surface area contributed by atoms with Crippen LogP contribution < -0.4 is 10.0 Å². The summed E-state index contributed by atoms with van der Waals surface area (Å²) in [4.78, 5) is 13.2. The van der Waals surface area contributed by atoms with Crippen molar-refractivity contribution in [2.45, 2.75) is 17.7 Å². The van der Waals surface area contributed by atoms with E-state index in [1.807, 2.05) is 0 Å². The Bertz CT molecular complexity index is 539. The van der Waals surface area contributed by atoms with Crippen LogP contribution in [0.4, 0.5) is 5.69 Å². The maximum atomic E-state index is 11.4. The zero-order valence-corrected chi connectivity index (χ0v) is 10.1. The molecule has 0 atom stereocenters. The molecule has 0 unspecified atom stereocenters. The van der Waals surface area contributed by atoms with Gasteiger partial charge in [0.15, 0.2) is 5.78 Å². The van der Waals surface area contributed by atoms with E-state index < -0.39 is 10.0 Å². The number of benzene rings is 1. The van der Waals surface area contributed by atoms with E-state index >= 15 is 0 Å². The summed E-state index contributed by atoms with van der Waals surface area (Å²) >= 11 is 0. The number of para-hydroxylation sites is 1. The molecule has 1 aliphatic rings. The van der Waals surface area contributed by atoms with Crippen molar-refractivity contribution in [3.8, 4) is 0 Å². The van der Waals surface area contributed by atoms with Crippen molar-refractivity contribution in [3.63, 3.8) is 0 Å². The molecule has 1 saturated heterocycles. The molecular formula is C11H14N2O3S. The minimum Gasteiger partial charge on any atom is -0.363 e. The lowest BCUT2D eigenvalue weighted by molar-refractivity contribution is -0.118. The smallest absolute Gasteiger partial charge is 0.240 e. The van der Waals surface area contributed by atoms with Gasteiger partial charge in [0.25, 0.3) is 0 Å². The van der Waals surface area contributed by atoms with Gasteiger partial charge in [-0.05, 0) is 18.6 Å².